The van der Waals surface area contributed by atoms with E-state index >= 15 is 0 Å². The number of nitrogens with one attached hydrogen (secondary N) is 2. The molecule has 1 fully saturated rings. The van der Waals surface area contributed by atoms with Crippen LogP contribution in [-0.2, 0) is 4.79 Å². The molecule has 2 rings (SSSR count). The zero-order chi connectivity index (χ0) is 15.8. The van der Waals surface area contributed by atoms with Gasteiger partial charge < -0.3 is 15.4 Å². The average molecular weight is 304 g/mol. The van der Waals surface area contributed by atoms with E-state index in [1.807, 2.05) is 26.0 Å². The highest BCUT2D eigenvalue weighted by molar-refractivity contribution is 5.75. The second-order valence-corrected chi connectivity index (χ2v) is 6.27. The van der Waals surface area contributed by atoms with Crippen LogP contribution in [0.2, 0.25) is 0 Å². The molecule has 1 unspecified atom stereocenters. The second-order valence-electron chi connectivity index (χ2n) is 6.27. The van der Waals surface area contributed by atoms with E-state index < -0.39 is 0 Å². The lowest BCUT2D eigenvalue weighted by molar-refractivity contribution is -0.121. The molecule has 122 valence electrons. The van der Waals surface area contributed by atoms with E-state index in [1.165, 1.54) is 24.0 Å². The molecular weight excluding hydrogens is 276 g/mol. The van der Waals surface area contributed by atoms with Crippen molar-refractivity contribution in [2.24, 2.45) is 5.92 Å². The Morgan fingerprint density at radius 3 is 2.77 bits per heavy atom. The van der Waals surface area contributed by atoms with Crippen LogP contribution in [-0.4, -0.2) is 32.1 Å². The van der Waals surface area contributed by atoms with Crippen molar-refractivity contribution in [3.05, 3.63) is 29.3 Å². The number of benzene rings is 1. The number of rotatable bonds is 7. The smallest absolute Gasteiger partial charge is 0.223 e. The summed E-state index contributed by atoms with van der Waals surface area (Å²) in [6.45, 7) is 7.53. The van der Waals surface area contributed by atoms with E-state index in [-0.39, 0.29) is 5.91 Å². The molecule has 0 bridgehead atoms. The van der Waals surface area contributed by atoms with E-state index in [1.54, 1.807) is 0 Å². The predicted molar refractivity (Wildman–Crippen MR) is 89.2 cm³/mol. The number of carbonyl (C=O) groups excluding carboxylic acids is 1. The fourth-order valence-corrected chi connectivity index (χ4v) is 2.95. The third kappa shape index (κ3) is 6.06. The van der Waals surface area contributed by atoms with Crippen LogP contribution in [0.15, 0.2) is 18.2 Å². The lowest BCUT2D eigenvalue weighted by Gasteiger charge is -2.22. The van der Waals surface area contributed by atoms with Crippen molar-refractivity contribution in [2.45, 2.75) is 39.5 Å². The van der Waals surface area contributed by atoms with Gasteiger partial charge in [-0.25, -0.2) is 0 Å². The Morgan fingerprint density at radius 2 is 2.09 bits per heavy atom. The van der Waals surface area contributed by atoms with Gasteiger partial charge in [0.15, 0.2) is 0 Å². The van der Waals surface area contributed by atoms with Crippen LogP contribution in [0, 0.1) is 19.8 Å². The van der Waals surface area contributed by atoms with E-state index in [2.05, 4.69) is 16.7 Å². The minimum Gasteiger partial charge on any atom is -0.493 e. The molecule has 4 nitrogen and oxygen atoms in total. The van der Waals surface area contributed by atoms with E-state index in [9.17, 15) is 4.79 Å². The van der Waals surface area contributed by atoms with Gasteiger partial charge in [-0.2, -0.15) is 0 Å². The Balaban J connectivity index is 1.59. The van der Waals surface area contributed by atoms with Crippen LogP contribution in [0.4, 0.5) is 0 Å². The number of aryl methyl sites for hydroxylation is 2. The standard InChI is InChI=1S/C18H28N2O2/c1-14-10-15(2)12-17(11-14)22-9-6-18(21)20-8-5-16-4-3-7-19-13-16/h10-12,16,19H,3-9,13H2,1-2H3,(H,20,21). The molecule has 1 aliphatic rings. The number of ether oxygens (including phenoxy) is 1. The largest absolute Gasteiger partial charge is 0.493 e. The first-order valence-corrected chi connectivity index (χ1v) is 8.32. The highest BCUT2D eigenvalue weighted by atomic mass is 16.5. The molecule has 1 aromatic carbocycles. The van der Waals surface area contributed by atoms with Gasteiger partial charge in [0.25, 0.3) is 0 Å². The minimum atomic E-state index is 0.0770. The van der Waals surface area contributed by atoms with E-state index in [0.29, 0.717) is 18.9 Å². The van der Waals surface area contributed by atoms with Gasteiger partial charge in [-0.05, 0) is 75.4 Å². The van der Waals surface area contributed by atoms with Gasteiger partial charge in [0, 0.05) is 6.54 Å². The molecular formula is C18H28N2O2. The summed E-state index contributed by atoms with van der Waals surface area (Å²) in [5.41, 5.74) is 2.36. The summed E-state index contributed by atoms with van der Waals surface area (Å²) in [6, 6.07) is 6.11. The quantitative estimate of drug-likeness (QED) is 0.814. The Bertz CT molecular complexity index is 462. The number of hydrogen-bond donors (Lipinski definition) is 2. The monoisotopic (exact) mass is 304 g/mol. The molecule has 4 heteroatoms. The number of piperidine rings is 1. The minimum absolute atomic E-state index is 0.0770. The highest BCUT2D eigenvalue weighted by Gasteiger charge is 2.12. The summed E-state index contributed by atoms with van der Waals surface area (Å²) in [5.74, 6) is 1.63. The second kappa shape index (κ2) is 8.79. The topological polar surface area (TPSA) is 50.4 Å². The van der Waals surface area contributed by atoms with Gasteiger partial charge in [-0.1, -0.05) is 6.07 Å². The maximum Gasteiger partial charge on any atom is 0.223 e. The molecule has 0 radical (unpaired) electrons. The fraction of sp³-hybridized carbons (Fsp3) is 0.611. The Hall–Kier alpha value is -1.55. The van der Waals surface area contributed by atoms with Gasteiger partial charge in [-0.15, -0.1) is 0 Å². The summed E-state index contributed by atoms with van der Waals surface area (Å²) in [5, 5.41) is 6.39. The first-order chi connectivity index (χ1) is 10.6. The molecule has 22 heavy (non-hydrogen) atoms. The van der Waals surface area contributed by atoms with E-state index in [4.69, 9.17) is 4.74 Å². The van der Waals surface area contributed by atoms with E-state index in [0.717, 1.165) is 31.8 Å². The molecule has 1 heterocycles. The normalized spacial score (nSPS) is 18.0. The molecule has 1 amide bonds. The molecule has 0 aliphatic carbocycles. The fourth-order valence-electron chi connectivity index (χ4n) is 2.95. The predicted octanol–water partition coefficient (Wildman–Crippen LogP) is 2.58. The number of hydrogen-bond acceptors (Lipinski definition) is 3. The number of carbonyl (C=O) groups is 1. The third-order valence-corrected chi connectivity index (χ3v) is 4.07. The van der Waals surface area contributed by atoms with Crippen molar-refractivity contribution in [2.75, 3.05) is 26.2 Å². The Kier molecular flexibility index (Phi) is 6.72. The molecule has 2 N–H and O–H groups in total. The van der Waals surface area contributed by atoms with Crippen molar-refractivity contribution >= 4 is 5.91 Å². The van der Waals surface area contributed by atoms with Gasteiger partial charge in [0.05, 0.1) is 13.0 Å². The van der Waals surface area contributed by atoms with Gasteiger partial charge in [-0.3, -0.25) is 4.79 Å². The van der Waals surface area contributed by atoms with Crippen molar-refractivity contribution in [3.63, 3.8) is 0 Å². The van der Waals surface area contributed by atoms with Crippen LogP contribution in [0.1, 0.15) is 36.8 Å². The van der Waals surface area contributed by atoms with Crippen LogP contribution >= 0.6 is 0 Å². The summed E-state index contributed by atoms with van der Waals surface area (Å²) in [6.07, 6.45) is 4.01. The van der Waals surface area contributed by atoms with Crippen molar-refractivity contribution < 1.29 is 9.53 Å². The number of amides is 1. The molecule has 0 spiro atoms. The third-order valence-electron chi connectivity index (χ3n) is 4.07. The van der Waals surface area contributed by atoms with Crippen LogP contribution in [0.25, 0.3) is 0 Å². The SMILES string of the molecule is Cc1cc(C)cc(OCCC(=O)NCCC2CCCNC2)c1. The van der Waals surface area contributed by atoms with Crippen LogP contribution in [0.3, 0.4) is 0 Å². The maximum absolute atomic E-state index is 11.8. The van der Waals surface area contributed by atoms with Gasteiger partial charge in [0.1, 0.15) is 5.75 Å². The Morgan fingerprint density at radius 1 is 1.32 bits per heavy atom. The van der Waals surface area contributed by atoms with Crippen molar-refractivity contribution in [1.29, 1.82) is 0 Å². The van der Waals surface area contributed by atoms with Crippen LogP contribution in [0.5, 0.6) is 5.75 Å². The zero-order valence-electron chi connectivity index (χ0n) is 13.8. The summed E-state index contributed by atoms with van der Waals surface area (Å²) in [7, 11) is 0. The van der Waals surface area contributed by atoms with Crippen molar-refractivity contribution in [3.8, 4) is 5.75 Å². The Labute approximate surface area is 133 Å². The van der Waals surface area contributed by atoms with Crippen LogP contribution < -0.4 is 15.4 Å². The van der Waals surface area contributed by atoms with Crippen molar-refractivity contribution in [1.82, 2.24) is 10.6 Å². The van der Waals surface area contributed by atoms with Gasteiger partial charge >= 0.3 is 0 Å². The van der Waals surface area contributed by atoms with Gasteiger partial charge in [0.2, 0.25) is 5.91 Å². The summed E-state index contributed by atoms with van der Waals surface area (Å²) >= 11 is 0. The zero-order valence-corrected chi connectivity index (χ0v) is 13.8. The maximum atomic E-state index is 11.8. The summed E-state index contributed by atoms with van der Waals surface area (Å²) in [4.78, 5) is 11.8. The summed E-state index contributed by atoms with van der Waals surface area (Å²) < 4.78 is 5.66. The average Bonchev–Trinajstić information content (AvgIpc) is 2.47. The first-order valence-electron chi connectivity index (χ1n) is 8.32. The highest BCUT2D eigenvalue weighted by Crippen LogP contribution is 2.16. The molecule has 0 saturated carbocycles. The lowest BCUT2D eigenvalue weighted by atomic mass is 9.96. The molecule has 1 saturated heterocycles. The molecule has 1 aromatic rings. The molecule has 0 aromatic heterocycles. The lowest BCUT2D eigenvalue weighted by Crippen LogP contribution is -2.33. The molecule has 1 atom stereocenters. The first kappa shape index (κ1) is 16.8. The molecule has 1 aliphatic heterocycles.